The van der Waals surface area contributed by atoms with E-state index in [2.05, 4.69) is 15.6 Å². The van der Waals surface area contributed by atoms with E-state index >= 15 is 0 Å². The molecule has 2 aromatic rings. The first-order valence-corrected chi connectivity index (χ1v) is 8.74. The average molecular weight is 379 g/mol. The van der Waals surface area contributed by atoms with Crippen LogP contribution in [-0.2, 0) is 16.1 Å². The van der Waals surface area contributed by atoms with Crippen LogP contribution in [0.3, 0.4) is 0 Å². The molecular weight excluding hydrogens is 362 g/mol. The van der Waals surface area contributed by atoms with Gasteiger partial charge in [0, 0.05) is 30.9 Å². The number of fused-ring (bicyclic) bond motifs is 1. The molecule has 0 radical (unpaired) electrons. The molecule has 0 spiro atoms. The highest BCUT2D eigenvalue weighted by Crippen LogP contribution is 2.28. The largest absolute Gasteiger partial charge is 0.399 e. The summed E-state index contributed by atoms with van der Waals surface area (Å²) in [4.78, 5) is 54.0. The highest BCUT2D eigenvalue weighted by Gasteiger charge is 2.44. The highest BCUT2D eigenvalue weighted by atomic mass is 16.2. The van der Waals surface area contributed by atoms with Crippen molar-refractivity contribution in [3.05, 3.63) is 53.2 Å². The number of nitrogens with two attached hydrogens (primary N) is 1. The highest BCUT2D eigenvalue weighted by molar-refractivity contribution is 6.23. The molecule has 1 atom stereocenters. The number of nitrogen functional groups attached to an aromatic ring is 1. The van der Waals surface area contributed by atoms with Gasteiger partial charge in [-0.3, -0.25) is 29.4 Å². The standard InChI is InChI=1S/C19H17N5O4/c20-11-5-6-21-15(8-11)22-9-10-1-2-12-13(7-10)19(28)24(18(12)27)14-3-4-16(25)23-17(14)26/h1-2,5-8,14H,3-4,9H2,(H3,20,21,22)(H,23,25,26). The van der Waals surface area contributed by atoms with Crippen molar-refractivity contribution in [2.24, 2.45) is 0 Å². The van der Waals surface area contributed by atoms with Crippen LogP contribution in [0.5, 0.6) is 0 Å². The number of piperidine rings is 1. The summed E-state index contributed by atoms with van der Waals surface area (Å²) < 4.78 is 0. The van der Waals surface area contributed by atoms with Crippen LogP contribution in [0, 0.1) is 0 Å². The summed E-state index contributed by atoms with van der Waals surface area (Å²) in [5, 5.41) is 5.28. The zero-order valence-electron chi connectivity index (χ0n) is 14.8. The molecule has 1 aromatic carbocycles. The number of nitrogens with one attached hydrogen (secondary N) is 2. The number of amides is 4. The molecule has 1 saturated heterocycles. The van der Waals surface area contributed by atoms with E-state index in [1.807, 2.05) is 0 Å². The first kappa shape index (κ1) is 17.7. The van der Waals surface area contributed by atoms with Crippen LogP contribution < -0.4 is 16.4 Å². The molecule has 2 aliphatic rings. The fourth-order valence-corrected chi connectivity index (χ4v) is 3.36. The Morgan fingerprint density at radius 1 is 1.11 bits per heavy atom. The third-order valence-electron chi connectivity index (χ3n) is 4.76. The molecule has 4 amide bonds. The average Bonchev–Trinajstić information content (AvgIpc) is 2.91. The second-order valence-corrected chi connectivity index (χ2v) is 6.66. The van der Waals surface area contributed by atoms with Gasteiger partial charge in [0.15, 0.2) is 0 Å². The number of benzene rings is 1. The fraction of sp³-hybridized carbons (Fsp3) is 0.211. The lowest BCUT2D eigenvalue weighted by Crippen LogP contribution is -2.54. The maximum atomic E-state index is 12.8. The first-order chi connectivity index (χ1) is 13.4. The predicted octanol–water partition coefficient (Wildman–Crippen LogP) is 0.677. The number of hydrogen-bond acceptors (Lipinski definition) is 7. The molecule has 2 aliphatic heterocycles. The van der Waals surface area contributed by atoms with E-state index in [0.29, 0.717) is 18.1 Å². The zero-order chi connectivity index (χ0) is 19.8. The third-order valence-corrected chi connectivity index (χ3v) is 4.76. The molecule has 1 aromatic heterocycles. The van der Waals surface area contributed by atoms with E-state index in [1.54, 1.807) is 36.5 Å². The molecule has 9 nitrogen and oxygen atoms in total. The fourth-order valence-electron chi connectivity index (χ4n) is 3.36. The molecule has 4 rings (SSSR count). The summed E-state index contributed by atoms with van der Waals surface area (Å²) >= 11 is 0. The van der Waals surface area contributed by atoms with Gasteiger partial charge in [0.05, 0.1) is 11.1 Å². The van der Waals surface area contributed by atoms with Gasteiger partial charge in [-0.1, -0.05) is 6.07 Å². The Morgan fingerprint density at radius 3 is 2.64 bits per heavy atom. The van der Waals surface area contributed by atoms with Crippen molar-refractivity contribution in [2.45, 2.75) is 25.4 Å². The Kier molecular flexibility index (Phi) is 4.26. The van der Waals surface area contributed by atoms with E-state index in [0.717, 1.165) is 10.5 Å². The lowest BCUT2D eigenvalue weighted by molar-refractivity contribution is -0.136. The van der Waals surface area contributed by atoms with Gasteiger partial charge in [-0.15, -0.1) is 0 Å². The molecule has 3 heterocycles. The molecule has 142 valence electrons. The molecular formula is C19H17N5O4. The number of aromatic nitrogens is 1. The minimum atomic E-state index is -0.969. The number of rotatable bonds is 4. The smallest absolute Gasteiger partial charge is 0.262 e. The summed E-state index contributed by atoms with van der Waals surface area (Å²) in [5.74, 6) is -1.49. The van der Waals surface area contributed by atoms with Gasteiger partial charge in [-0.05, 0) is 30.2 Å². The Labute approximate surface area is 159 Å². The Bertz CT molecular complexity index is 1020. The number of pyridine rings is 1. The van der Waals surface area contributed by atoms with E-state index in [4.69, 9.17) is 5.73 Å². The summed E-state index contributed by atoms with van der Waals surface area (Å²) in [6.07, 6.45) is 1.80. The lowest BCUT2D eigenvalue weighted by Gasteiger charge is -2.27. The SMILES string of the molecule is Nc1ccnc(NCc2ccc3c(c2)C(=O)N(C2CCC(=O)NC2=O)C3=O)c1. The molecule has 0 bridgehead atoms. The molecule has 9 heteroatoms. The third kappa shape index (κ3) is 3.07. The summed E-state index contributed by atoms with van der Waals surface area (Å²) in [6.45, 7) is 0.379. The van der Waals surface area contributed by atoms with Crippen molar-refractivity contribution in [3.8, 4) is 0 Å². The minimum absolute atomic E-state index is 0.0895. The number of nitrogens with zero attached hydrogens (tertiary/aromatic N) is 2. The summed E-state index contributed by atoms with van der Waals surface area (Å²) in [5.41, 5.74) is 7.56. The second kappa shape index (κ2) is 6.76. The maximum absolute atomic E-state index is 12.8. The van der Waals surface area contributed by atoms with Crippen LogP contribution in [0.2, 0.25) is 0 Å². The normalized spacial score (nSPS) is 18.9. The maximum Gasteiger partial charge on any atom is 0.262 e. The number of carbonyl (C=O) groups is 4. The van der Waals surface area contributed by atoms with E-state index in [9.17, 15) is 19.2 Å². The minimum Gasteiger partial charge on any atom is -0.399 e. The van der Waals surface area contributed by atoms with Crippen molar-refractivity contribution >= 4 is 35.1 Å². The summed E-state index contributed by atoms with van der Waals surface area (Å²) in [6, 6.07) is 7.33. The lowest BCUT2D eigenvalue weighted by atomic mass is 10.0. The number of anilines is 2. The molecule has 1 unspecified atom stereocenters. The van der Waals surface area contributed by atoms with Crippen molar-refractivity contribution in [3.63, 3.8) is 0 Å². The van der Waals surface area contributed by atoms with Crippen LogP contribution >= 0.6 is 0 Å². The Hall–Kier alpha value is -3.75. The topological polar surface area (TPSA) is 134 Å². The van der Waals surface area contributed by atoms with Crippen molar-refractivity contribution in [1.29, 1.82) is 0 Å². The molecule has 0 aliphatic carbocycles. The van der Waals surface area contributed by atoms with Crippen molar-refractivity contribution in [2.75, 3.05) is 11.1 Å². The molecule has 4 N–H and O–H groups in total. The van der Waals surface area contributed by atoms with Crippen LogP contribution in [0.15, 0.2) is 36.5 Å². The van der Waals surface area contributed by atoms with Crippen LogP contribution in [0.25, 0.3) is 0 Å². The first-order valence-electron chi connectivity index (χ1n) is 8.74. The molecule has 28 heavy (non-hydrogen) atoms. The van der Waals surface area contributed by atoms with Gasteiger partial charge in [0.25, 0.3) is 11.8 Å². The van der Waals surface area contributed by atoms with Gasteiger partial charge < -0.3 is 11.1 Å². The summed E-state index contributed by atoms with van der Waals surface area (Å²) in [7, 11) is 0. The van der Waals surface area contributed by atoms with Gasteiger partial charge in [0.2, 0.25) is 11.8 Å². The van der Waals surface area contributed by atoms with Gasteiger partial charge in [-0.2, -0.15) is 0 Å². The Morgan fingerprint density at radius 2 is 1.89 bits per heavy atom. The quantitative estimate of drug-likeness (QED) is 0.665. The van der Waals surface area contributed by atoms with Gasteiger partial charge in [-0.25, -0.2) is 4.98 Å². The van der Waals surface area contributed by atoms with Crippen LogP contribution in [-0.4, -0.2) is 39.6 Å². The van der Waals surface area contributed by atoms with Crippen LogP contribution in [0.4, 0.5) is 11.5 Å². The van der Waals surface area contributed by atoms with Gasteiger partial charge in [0.1, 0.15) is 11.9 Å². The zero-order valence-corrected chi connectivity index (χ0v) is 14.8. The second-order valence-electron chi connectivity index (χ2n) is 6.66. The molecule has 0 saturated carbocycles. The van der Waals surface area contributed by atoms with Crippen LogP contribution in [0.1, 0.15) is 39.1 Å². The van der Waals surface area contributed by atoms with Gasteiger partial charge >= 0.3 is 0 Å². The van der Waals surface area contributed by atoms with E-state index in [1.165, 1.54) is 0 Å². The van der Waals surface area contributed by atoms with Crippen molar-refractivity contribution < 1.29 is 19.2 Å². The monoisotopic (exact) mass is 379 g/mol. The molecule has 1 fully saturated rings. The number of imide groups is 2. The number of hydrogen-bond donors (Lipinski definition) is 3. The number of carbonyl (C=O) groups excluding carboxylic acids is 4. The van der Waals surface area contributed by atoms with E-state index < -0.39 is 29.7 Å². The van der Waals surface area contributed by atoms with Crippen molar-refractivity contribution in [1.82, 2.24) is 15.2 Å². The Balaban J connectivity index is 1.54. The predicted molar refractivity (Wildman–Crippen MR) is 99.1 cm³/mol. The van der Waals surface area contributed by atoms with E-state index in [-0.39, 0.29) is 24.0 Å².